The minimum absolute atomic E-state index is 1.01. The van der Waals surface area contributed by atoms with Gasteiger partial charge in [-0.25, -0.2) is 4.98 Å². The number of hydrogen-bond donors (Lipinski definition) is 0. The zero-order chi connectivity index (χ0) is 15.1. The minimum Gasteiger partial charge on any atom is -0.378 e. The van der Waals surface area contributed by atoms with Gasteiger partial charge in [0.25, 0.3) is 0 Å². The van der Waals surface area contributed by atoms with Gasteiger partial charge < -0.3 is 4.90 Å². The molecular formula is C17H19N3S. The fraction of sp³-hybridized carbons (Fsp3) is 0.294. The predicted molar refractivity (Wildman–Crippen MR) is 91.5 cm³/mol. The average molecular weight is 297 g/mol. The van der Waals surface area contributed by atoms with Crippen molar-refractivity contribution in [2.24, 2.45) is 4.99 Å². The van der Waals surface area contributed by atoms with Crippen LogP contribution in [0.1, 0.15) is 11.1 Å². The Morgan fingerprint density at radius 2 is 1.81 bits per heavy atom. The highest BCUT2D eigenvalue weighted by atomic mass is 32.1. The molecule has 0 saturated heterocycles. The third-order valence-corrected chi connectivity index (χ3v) is 4.78. The fourth-order valence-electron chi connectivity index (χ4n) is 2.52. The Hall–Kier alpha value is -1.94. The maximum atomic E-state index is 4.90. The third-order valence-electron chi connectivity index (χ3n) is 3.72. The molecule has 1 aromatic rings. The molecule has 108 valence electrons. The summed E-state index contributed by atoms with van der Waals surface area (Å²) in [6.07, 6.45) is 0. The molecule has 0 fully saturated rings. The maximum absolute atomic E-state index is 4.90. The van der Waals surface area contributed by atoms with E-state index in [1.807, 2.05) is 7.05 Å². The molecule has 0 N–H and O–H groups in total. The molecule has 3 nitrogen and oxygen atoms in total. The lowest BCUT2D eigenvalue weighted by Crippen LogP contribution is -2.09. The molecule has 1 aliphatic heterocycles. The largest absolute Gasteiger partial charge is 0.378 e. The summed E-state index contributed by atoms with van der Waals surface area (Å²) >= 11 is 1.79. The van der Waals surface area contributed by atoms with E-state index in [1.165, 1.54) is 26.4 Å². The molecule has 0 radical (unpaired) electrons. The summed E-state index contributed by atoms with van der Waals surface area (Å²) < 4.78 is 1.22. The SMILES string of the molecule is CN=c1cc2sc3cc(N(C)C)cc(C)c3nc-2c(C)c1. The highest BCUT2D eigenvalue weighted by Crippen LogP contribution is 2.34. The summed E-state index contributed by atoms with van der Waals surface area (Å²) in [5.41, 5.74) is 5.80. The summed E-state index contributed by atoms with van der Waals surface area (Å²) in [6.45, 7) is 4.23. The van der Waals surface area contributed by atoms with Crippen molar-refractivity contribution in [3.05, 3.63) is 40.7 Å². The van der Waals surface area contributed by atoms with Gasteiger partial charge in [0, 0.05) is 26.8 Å². The van der Waals surface area contributed by atoms with Crippen LogP contribution in [0.4, 0.5) is 5.69 Å². The lowest BCUT2D eigenvalue weighted by molar-refractivity contribution is 1.13. The summed E-state index contributed by atoms with van der Waals surface area (Å²) in [7, 11) is 5.96. The lowest BCUT2D eigenvalue weighted by atomic mass is 10.1. The molecule has 1 aliphatic carbocycles. The normalized spacial score (nSPS) is 12.3. The molecule has 0 unspecified atom stereocenters. The second-order valence-electron chi connectivity index (χ2n) is 5.55. The first-order chi connectivity index (χ1) is 9.99. The Bertz CT molecular complexity index is 862. The number of aryl methyl sites for hydroxylation is 2. The Morgan fingerprint density at radius 1 is 1.05 bits per heavy atom. The number of fused-ring (bicyclic) bond motifs is 2. The topological polar surface area (TPSA) is 28.5 Å². The molecule has 4 heteroatoms. The molecule has 0 amide bonds. The fourth-order valence-corrected chi connectivity index (χ4v) is 3.72. The molecule has 0 bridgehead atoms. The average Bonchev–Trinajstić information content (AvgIpc) is 2.45. The monoisotopic (exact) mass is 297 g/mol. The van der Waals surface area contributed by atoms with Crippen molar-refractivity contribution in [1.82, 2.24) is 4.98 Å². The van der Waals surface area contributed by atoms with Crippen LogP contribution in [0.15, 0.2) is 29.3 Å². The molecule has 21 heavy (non-hydrogen) atoms. The maximum Gasteiger partial charge on any atom is 0.0840 e. The van der Waals surface area contributed by atoms with Crippen LogP contribution in [0.2, 0.25) is 0 Å². The van der Waals surface area contributed by atoms with E-state index < -0.39 is 0 Å². The number of benzene rings is 2. The van der Waals surface area contributed by atoms with E-state index in [4.69, 9.17) is 4.98 Å². The quantitative estimate of drug-likeness (QED) is 0.642. The van der Waals surface area contributed by atoms with Gasteiger partial charge in [-0.05, 0) is 49.2 Å². The van der Waals surface area contributed by atoms with Crippen LogP contribution in [0.5, 0.6) is 0 Å². The van der Waals surface area contributed by atoms with Crippen molar-refractivity contribution < 1.29 is 0 Å². The van der Waals surface area contributed by atoms with Crippen LogP contribution >= 0.6 is 11.3 Å². The summed E-state index contributed by atoms with van der Waals surface area (Å²) in [5, 5.41) is 1.01. The first-order valence-electron chi connectivity index (χ1n) is 6.95. The van der Waals surface area contributed by atoms with Gasteiger partial charge in [0.15, 0.2) is 0 Å². The van der Waals surface area contributed by atoms with Crippen molar-refractivity contribution in [3.63, 3.8) is 0 Å². The van der Waals surface area contributed by atoms with Crippen molar-refractivity contribution in [3.8, 4) is 10.6 Å². The molecule has 1 heterocycles. The first kappa shape index (κ1) is 14.0. The minimum atomic E-state index is 1.01. The van der Waals surface area contributed by atoms with Crippen LogP contribution in [0.25, 0.3) is 20.8 Å². The van der Waals surface area contributed by atoms with Crippen LogP contribution in [-0.4, -0.2) is 26.1 Å². The molecular weight excluding hydrogens is 278 g/mol. The number of hydrogen-bond acceptors (Lipinski definition) is 4. The molecule has 0 spiro atoms. The van der Waals surface area contributed by atoms with Crippen molar-refractivity contribution in [2.45, 2.75) is 13.8 Å². The van der Waals surface area contributed by atoms with E-state index in [9.17, 15) is 0 Å². The second kappa shape index (κ2) is 5.11. The van der Waals surface area contributed by atoms with Crippen LogP contribution in [-0.2, 0) is 0 Å². The smallest absolute Gasteiger partial charge is 0.0840 e. The first-order valence-corrected chi connectivity index (χ1v) is 7.77. The molecule has 0 aromatic heterocycles. The van der Waals surface area contributed by atoms with E-state index in [0.29, 0.717) is 0 Å². The Morgan fingerprint density at radius 3 is 2.48 bits per heavy atom. The van der Waals surface area contributed by atoms with Gasteiger partial charge in [0.1, 0.15) is 0 Å². The predicted octanol–water partition coefficient (Wildman–Crippen LogP) is 3.61. The zero-order valence-corrected chi connectivity index (χ0v) is 13.9. The van der Waals surface area contributed by atoms with Gasteiger partial charge in [-0.3, -0.25) is 4.99 Å². The second-order valence-corrected chi connectivity index (χ2v) is 6.63. The van der Waals surface area contributed by atoms with E-state index in [0.717, 1.165) is 16.6 Å². The van der Waals surface area contributed by atoms with Crippen molar-refractivity contribution in [1.29, 1.82) is 0 Å². The van der Waals surface area contributed by atoms with E-state index in [-0.39, 0.29) is 0 Å². The highest BCUT2D eigenvalue weighted by Gasteiger charge is 2.12. The Balaban J connectivity index is 2.41. The number of aromatic nitrogens is 1. The molecule has 3 rings (SSSR count). The van der Waals surface area contributed by atoms with Gasteiger partial charge in [0.2, 0.25) is 0 Å². The Kier molecular flexibility index (Phi) is 3.41. The van der Waals surface area contributed by atoms with Crippen LogP contribution in [0, 0.1) is 13.8 Å². The number of anilines is 1. The number of nitrogens with zero attached hydrogens (tertiary/aromatic N) is 3. The molecule has 1 aromatic carbocycles. The highest BCUT2D eigenvalue weighted by molar-refractivity contribution is 7.21. The summed E-state index contributed by atoms with van der Waals surface area (Å²) in [4.78, 5) is 12.5. The van der Waals surface area contributed by atoms with Crippen LogP contribution < -0.4 is 10.3 Å². The third kappa shape index (κ3) is 2.40. The summed E-state index contributed by atoms with van der Waals surface area (Å²) in [6, 6.07) is 8.62. The molecule has 0 saturated carbocycles. The number of rotatable bonds is 1. The van der Waals surface area contributed by atoms with Gasteiger partial charge in [-0.15, -0.1) is 11.3 Å². The summed E-state index contributed by atoms with van der Waals surface area (Å²) in [5.74, 6) is 0. The van der Waals surface area contributed by atoms with Crippen LogP contribution in [0.3, 0.4) is 0 Å². The van der Waals surface area contributed by atoms with Crippen molar-refractivity contribution in [2.75, 3.05) is 26.0 Å². The van der Waals surface area contributed by atoms with E-state index in [1.54, 1.807) is 11.3 Å². The lowest BCUT2D eigenvalue weighted by Gasteiger charge is -2.16. The van der Waals surface area contributed by atoms with Gasteiger partial charge in [-0.2, -0.15) is 0 Å². The Labute approximate surface area is 128 Å². The van der Waals surface area contributed by atoms with E-state index in [2.05, 4.69) is 62.1 Å². The van der Waals surface area contributed by atoms with Gasteiger partial charge in [0.05, 0.1) is 26.1 Å². The van der Waals surface area contributed by atoms with Gasteiger partial charge in [-0.1, -0.05) is 0 Å². The molecule has 0 atom stereocenters. The zero-order valence-electron chi connectivity index (χ0n) is 13.1. The van der Waals surface area contributed by atoms with Crippen molar-refractivity contribution >= 4 is 27.2 Å². The molecule has 2 aliphatic rings. The van der Waals surface area contributed by atoms with E-state index >= 15 is 0 Å². The standard InChI is InChI=1S/C17H19N3S/c1-10-6-12(18-3)8-14-16(10)19-17-11(2)7-13(20(4)5)9-15(17)21-14/h6-9H,1-5H3. The van der Waals surface area contributed by atoms with Gasteiger partial charge >= 0.3 is 0 Å².